The number of rotatable bonds is 7. The first-order valence-electron chi connectivity index (χ1n) is 11.7. The van der Waals surface area contributed by atoms with E-state index in [1.165, 1.54) is 42.2 Å². The van der Waals surface area contributed by atoms with Crippen molar-refractivity contribution in [1.82, 2.24) is 9.47 Å². The summed E-state index contributed by atoms with van der Waals surface area (Å²) in [6.07, 6.45) is 3.43. The van der Waals surface area contributed by atoms with Gasteiger partial charge in [0, 0.05) is 51.4 Å². The zero-order chi connectivity index (χ0) is 27.6. The smallest absolute Gasteiger partial charge is 0.269 e. The van der Waals surface area contributed by atoms with E-state index in [0.717, 1.165) is 22.9 Å². The van der Waals surface area contributed by atoms with Gasteiger partial charge in [0.2, 0.25) is 11.3 Å². The molecule has 1 aromatic heterocycles. The van der Waals surface area contributed by atoms with E-state index in [9.17, 15) is 28.9 Å². The van der Waals surface area contributed by atoms with Crippen molar-refractivity contribution in [3.05, 3.63) is 85.7 Å². The number of carbonyl (C=O) groups excluding carboxylic acids is 2. The number of benzene rings is 2. The second kappa shape index (κ2) is 10.9. The van der Waals surface area contributed by atoms with Crippen LogP contribution in [0, 0.1) is 21.7 Å². The molecule has 0 bridgehead atoms. The molecule has 0 unspecified atom stereocenters. The number of nitro groups is 1. The van der Waals surface area contributed by atoms with Crippen LogP contribution in [0.3, 0.4) is 0 Å². The maximum Gasteiger partial charge on any atom is 0.269 e. The highest BCUT2D eigenvalue weighted by Gasteiger charge is 2.27. The van der Waals surface area contributed by atoms with Gasteiger partial charge in [0.05, 0.1) is 27.9 Å². The molecule has 2 aromatic carbocycles. The van der Waals surface area contributed by atoms with Gasteiger partial charge in [-0.3, -0.25) is 24.5 Å². The van der Waals surface area contributed by atoms with Crippen molar-refractivity contribution >= 4 is 40.0 Å². The largest absolute Gasteiger partial charge is 0.363 e. The number of alkyl halides is 1. The summed E-state index contributed by atoms with van der Waals surface area (Å²) in [6, 6.07) is 6.16. The van der Waals surface area contributed by atoms with Gasteiger partial charge in [-0.15, -0.1) is 0 Å². The number of fused-ring (bicyclic) bond motifs is 1. The predicted octanol–water partition coefficient (Wildman–Crippen LogP) is 3.72. The minimum atomic E-state index is -1.05. The van der Waals surface area contributed by atoms with E-state index in [2.05, 4.69) is 0 Å². The highest BCUT2D eigenvalue weighted by Crippen LogP contribution is 2.31. The summed E-state index contributed by atoms with van der Waals surface area (Å²) in [6.45, 7) is 0.933. The Labute approximate surface area is 214 Å². The molecule has 198 valence electrons. The lowest BCUT2D eigenvalue weighted by atomic mass is 10.0. The first-order chi connectivity index (χ1) is 18.1. The Bertz CT molecular complexity index is 1510. The van der Waals surface area contributed by atoms with Gasteiger partial charge in [-0.25, -0.2) is 13.2 Å². The minimum absolute atomic E-state index is 0.138. The van der Waals surface area contributed by atoms with Crippen molar-refractivity contribution in [3.8, 4) is 0 Å². The molecular formula is C26H23F3N4O5. The summed E-state index contributed by atoms with van der Waals surface area (Å²) in [5.74, 6) is -3.00. The fourth-order valence-electron chi connectivity index (χ4n) is 4.42. The number of ketones is 1. The van der Waals surface area contributed by atoms with Crippen molar-refractivity contribution < 1.29 is 27.7 Å². The minimum Gasteiger partial charge on any atom is -0.363 e. The molecule has 1 amide bonds. The molecule has 0 atom stereocenters. The van der Waals surface area contributed by atoms with Crippen LogP contribution in [0.1, 0.15) is 22.8 Å². The van der Waals surface area contributed by atoms with Gasteiger partial charge in [-0.05, 0) is 29.8 Å². The maximum atomic E-state index is 15.7. The van der Waals surface area contributed by atoms with Crippen LogP contribution < -0.4 is 10.3 Å². The van der Waals surface area contributed by atoms with Crippen molar-refractivity contribution in [3.63, 3.8) is 0 Å². The van der Waals surface area contributed by atoms with E-state index < -0.39 is 45.4 Å². The van der Waals surface area contributed by atoms with E-state index in [1.54, 1.807) is 4.90 Å². The lowest BCUT2D eigenvalue weighted by molar-refractivity contribution is -0.384. The molecular weight excluding hydrogens is 505 g/mol. The third-order valence-electron chi connectivity index (χ3n) is 6.39. The molecule has 1 saturated heterocycles. The number of allylic oxidation sites excluding steroid dienone is 1. The molecule has 0 aliphatic carbocycles. The normalized spacial score (nSPS) is 13.9. The van der Waals surface area contributed by atoms with Gasteiger partial charge in [-0.1, -0.05) is 6.08 Å². The Balaban J connectivity index is 1.73. The molecule has 3 aromatic rings. The number of amides is 1. The number of nitro benzene ring substituents is 1. The Kier molecular flexibility index (Phi) is 7.60. The van der Waals surface area contributed by atoms with E-state index in [-0.39, 0.29) is 55.5 Å². The van der Waals surface area contributed by atoms with Crippen LogP contribution >= 0.6 is 0 Å². The first kappa shape index (κ1) is 26.6. The van der Waals surface area contributed by atoms with Gasteiger partial charge in [-0.2, -0.15) is 0 Å². The first-order valence-corrected chi connectivity index (χ1v) is 11.7. The second-order valence-corrected chi connectivity index (χ2v) is 8.71. The summed E-state index contributed by atoms with van der Waals surface area (Å²) >= 11 is 0. The Morgan fingerprint density at radius 3 is 2.34 bits per heavy atom. The number of hydrogen-bond acceptors (Lipinski definition) is 6. The van der Waals surface area contributed by atoms with Gasteiger partial charge < -0.3 is 14.4 Å². The lowest BCUT2D eigenvalue weighted by Gasteiger charge is -2.36. The maximum absolute atomic E-state index is 15.7. The third kappa shape index (κ3) is 5.15. The Hall–Kier alpha value is -4.48. The second-order valence-electron chi connectivity index (χ2n) is 8.71. The van der Waals surface area contributed by atoms with Crippen LogP contribution in [0.5, 0.6) is 0 Å². The Morgan fingerprint density at radius 2 is 1.76 bits per heavy atom. The Morgan fingerprint density at radius 1 is 1.11 bits per heavy atom. The van der Waals surface area contributed by atoms with Gasteiger partial charge in [0.15, 0.2) is 11.6 Å². The molecule has 0 spiro atoms. The number of aromatic nitrogens is 1. The lowest BCUT2D eigenvalue weighted by Crippen LogP contribution is -2.48. The molecule has 1 aliphatic heterocycles. The predicted molar refractivity (Wildman–Crippen MR) is 135 cm³/mol. The number of non-ortho nitro benzene ring substituents is 1. The van der Waals surface area contributed by atoms with Gasteiger partial charge in [0.1, 0.15) is 18.2 Å². The quantitative estimate of drug-likeness (QED) is 0.200. The summed E-state index contributed by atoms with van der Waals surface area (Å²) in [5.41, 5.74) is -1.73. The van der Waals surface area contributed by atoms with Crippen molar-refractivity contribution in [2.75, 3.05) is 37.8 Å². The fourth-order valence-corrected chi connectivity index (χ4v) is 4.42. The number of aryl methyl sites for hydroxylation is 1. The number of halogens is 3. The van der Waals surface area contributed by atoms with E-state index in [1.807, 2.05) is 0 Å². The summed E-state index contributed by atoms with van der Waals surface area (Å²) in [5, 5.41) is 10.4. The molecule has 0 saturated carbocycles. The van der Waals surface area contributed by atoms with Crippen molar-refractivity contribution in [1.29, 1.82) is 0 Å². The standard InChI is InChI=1S/C26H23F3N4O5/c1-16(34)30-10-12-31(13-11-30)25-21(28)14-19-24(23(25)29)32(9-8-27)15-20(26(19)36)22(35)7-4-17-2-5-18(6-3-17)33(37)38/h2-7,14-15H,8-13H2,1H3. The highest BCUT2D eigenvalue weighted by atomic mass is 19.1. The van der Waals surface area contributed by atoms with Crippen LogP contribution in [0.25, 0.3) is 17.0 Å². The van der Waals surface area contributed by atoms with Crippen LogP contribution in [-0.2, 0) is 11.3 Å². The summed E-state index contributed by atoms with van der Waals surface area (Å²) in [4.78, 5) is 50.8. The average Bonchev–Trinajstić information content (AvgIpc) is 2.89. The summed E-state index contributed by atoms with van der Waals surface area (Å²) < 4.78 is 45.4. The number of hydrogen-bond donors (Lipinski definition) is 0. The number of nitrogens with zero attached hydrogens (tertiary/aromatic N) is 4. The van der Waals surface area contributed by atoms with E-state index in [4.69, 9.17) is 0 Å². The number of pyridine rings is 1. The number of piperazine rings is 1. The van der Waals surface area contributed by atoms with Crippen LogP contribution in [0.4, 0.5) is 24.5 Å². The molecule has 38 heavy (non-hydrogen) atoms. The van der Waals surface area contributed by atoms with Gasteiger partial charge in [0.25, 0.3) is 5.69 Å². The molecule has 2 heterocycles. The zero-order valence-corrected chi connectivity index (χ0v) is 20.3. The van der Waals surface area contributed by atoms with E-state index in [0.29, 0.717) is 5.56 Å². The van der Waals surface area contributed by atoms with Crippen LogP contribution in [-0.4, -0.2) is 58.9 Å². The topological polar surface area (TPSA) is 106 Å². The zero-order valence-electron chi connectivity index (χ0n) is 20.3. The number of carbonyl (C=O) groups is 2. The molecule has 1 fully saturated rings. The molecule has 1 aliphatic rings. The molecule has 0 radical (unpaired) electrons. The van der Waals surface area contributed by atoms with Crippen LogP contribution in [0.2, 0.25) is 0 Å². The fraction of sp³-hybridized carbons (Fsp3) is 0.269. The van der Waals surface area contributed by atoms with Gasteiger partial charge >= 0.3 is 0 Å². The van der Waals surface area contributed by atoms with Crippen molar-refractivity contribution in [2.24, 2.45) is 0 Å². The van der Waals surface area contributed by atoms with E-state index >= 15 is 8.78 Å². The molecule has 12 heteroatoms. The summed E-state index contributed by atoms with van der Waals surface area (Å²) in [7, 11) is 0. The van der Waals surface area contributed by atoms with Crippen LogP contribution in [0.15, 0.2) is 47.4 Å². The highest BCUT2D eigenvalue weighted by molar-refractivity contribution is 6.08. The third-order valence-corrected chi connectivity index (χ3v) is 6.39. The van der Waals surface area contributed by atoms with Crippen molar-refractivity contribution in [2.45, 2.75) is 13.5 Å². The molecule has 4 rings (SSSR count). The molecule has 0 N–H and O–H groups in total. The number of anilines is 1. The SMILES string of the molecule is CC(=O)N1CCN(c2c(F)cc3c(=O)c(C(=O)C=Cc4ccc([N+](=O)[O-])cc4)cn(CCF)c3c2F)CC1. The monoisotopic (exact) mass is 528 g/mol. The molecule has 9 nitrogen and oxygen atoms in total. The average molecular weight is 528 g/mol.